The van der Waals surface area contributed by atoms with Gasteiger partial charge in [0.05, 0.1) is 17.2 Å². The number of carbonyl (C=O) groups is 1. The first kappa shape index (κ1) is 15.9. The first-order valence-corrected chi connectivity index (χ1v) is 7.95. The van der Waals surface area contributed by atoms with Gasteiger partial charge in [-0.25, -0.2) is 0 Å². The van der Waals surface area contributed by atoms with Crippen molar-refractivity contribution < 1.29 is 9.53 Å². The van der Waals surface area contributed by atoms with Gasteiger partial charge in [-0.15, -0.1) is 11.3 Å². The minimum Gasteiger partial charge on any atom is -0.393 e. The van der Waals surface area contributed by atoms with E-state index in [9.17, 15) is 4.79 Å². The van der Waals surface area contributed by atoms with Gasteiger partial charge in [0, 0.05) is 42.1 Å². The molecule has 112 valence electrons. The van der Waals surface area contributed by atoms with Crippen LogP contribution in [-0.4, -0.2) is 42.6 Å². The number of fused-ring (bicyclic) bond motifs is 1. The lowest BCUT2D eigenvalue weighted by Crippen LogP contribution is -2.36. The molecule has 0 aliphatic carbocycles. The second-order valence-corrected chi connectivity index (χ2v) is 6.08. The van der Waals surface area contributed by atoms with E-state index in [1.165, 1.54) is 0 Å². The summed E-state index contributed by atoms with van der Waals surface area (Å²) in [5, 5.41) is 2.90. The van der Waals surface area contributed by atoms with Crippen molar-refractivity contribution in [3.63, 3.8) is 0 Å². The van der Waals surface area contributed by atoms with Crippen LogP contribution >= 0.6 is 23.6 Å². The number of nitrogens with two attached hydrogens (primary N) is 1. The SMILES string of the molecule is COCCN(CCC(N)=S)C(=O)c1csc2ccccc12. The third kappa shape index (κ3) is 4.00. The molecule has 4 nitrogen and oxygen atoms in total. The minimum absolute atomic E-state index is 0.000694. The monoisotopic (exact) mass is 322 g/mol. The van der Waals surface area contributed by atoms with Crippen LogP contribution < -0.4 is 5.73 Å². The molecule has 0 saturated heterocycles. The number of amides is 1. The van der Waals surface area contributed by atoms with Gasteiger partial charge in [-0.3, -0.25) is 4.79 Å². The molecular formula is C15H18N2O2S2. The first-order valence-electron chi connectivity index (χ1n) is 6.66. The van der Waals surface area contributed by atoms with Crippen molar-refractivity contribution in [3.05, 3.63) is 35.2 Å². The zero-order valence-corrected chi connectivity index (χ0v) is 13.5. The molecule has 2 N–H and O–H groups in total. The number of hydrogen-bond acceptors (Lipinski definition) is 4. The van der Waals surface area contributed by atoms with Crippen LogP contribution in [0.25, 0.3) is 10.1 Å². The Morgan fingerprint density at radius 2 is 2.14 bits per heavy atom. The highest BCUT2D eigenvalue weighted by Crippen LogP contribution is 2.26. The van der Waals surface area contributed by atoms with E-state index < -0.39 is 0 Å². The second-order valence-electron chi connectivity index (χ2n) is 4.65. The summed E-state index contributed by atoms with van der Waals surface area (Å²) in [5.74, 6) is 0.000694. The van der Waals surface area contributed by atoms with Crippen molar-refractivity contribution >= 4 is 44.5 Å². The van der Waals surface area contributed by atoms with Gasteiger partial charge < -0.3 is 15.4 Å². The van der Waals surface area contributed by atoms with Crippen LogP contribution in [0.15, 0.2) is 29.6 Å². The second kappa shape index (κ2) is 7.49. The number of nitrogens with zero attached hydrogens (tertiary/aromatic N) is 1. The number of thiophene rings is 1. The maximum absolute atomic E-state index is 12.7. The molecule has 1 amide bonds. The number of hydrogen-bond donors (Lipinski definition) is 1. The highest BCUT2D eigenvalue weighted by atomic mass is 32.1. The van der Waals surface area contributed by atoms with Crippen molar-refractivity contribution in [3.8, 4) is 0 Å². The number of thiocarbonyl (C=S) groups is 1. The summed E-state index contributed by atoms with van der Waals surface area (Å²) < 4.78 is 6.19. The van der Waals surface area contributed by atoms with E-state index in [0.717, 1.165) is 15.6 Å². The summed E-state index contributed by atoms with van der Waals surface area (Å²) in [5.41, 5.74) is 6.27. The highest BCUT2D eigenvalue weighted by Gasteiger charge is 2.19. The van der Waals surface area contributed by atoms with Gasteiger partial charge in [0.15, 0.2) is 0 Å². The molecule has 0 saturated carbocycles. The molecule has 1 heterocycles. The van der Waals surface area contributed by atoms with Crippen LogP contribution in [0.4, 0.5) is 0 Å². The molecule has 0 aliphatic rings. The molecule has 0 radical (unpaired) electrons. The van der Waals surface area contributed by atoms with Gasteiger partial charge in [-0.05, 0) is 6.07 Å². The Bertz CT molecular complexity index is 639. The molecule has 6 heteroatoms. The fraction of sp³-hybridized carbons (Fsp3) is 0.333. The minimum atomic E-state index is 0.000694. The van der Waals surface area contributed by atoms with E-state index in [1.54, 1.807) is 23.3 Å². The molecule has 0 bridgehead atoms. The number of methoxy groups -OCH3 is 1. The van der Waals surface area contributed by atoms with Crippen LogP contribution in [0.2, 0.25) is 0 Å². The Morgan fingerprint density at radius 3 is 2.86 bits per heavy atom. The molecule has 0 atom stereocenters. The largest absolute Gasteiger partial charge is 0.393 e. The molecule has 21 heavy (non-hydrogen) atoms. The van der Waals surface area contributed by atoms with E-state index in [-0.39, 0.29) is 5.91 Å². The molecule has 0 fully saturated rings. The summed E-state index contributed by atoms with van der Waals surface area (Å²) in [6.45, 7) is 1.54. The van der Waals surface area contributed by atoms with Gasteiger partial charge in [-0.1, -0.05) is 30.4 Å². The Labute approximate surface area is 133 Å². The fourth-order valence-corrected chi connectivity index (χ4v) is 3.10. The zero-order chi connectivity index (χ0) is 15.2. The number of benzene rings is 1. The Kier molecular flexibility index (Phi) is 5.67. The van der Waals surface area contributed by atoms with E-state index in [0.29, 0.717) is 31.1 Å². The van der Waals surface area contributed by atoms with E-state index in [1.807, 2.05) is 29.6 Å². The van der Waals surface area contributed by atoms with Crippen LogP contribution in [-0.2, 0) is 4.74 Å². The van der Waals surface area contributed by atoms with Crippen LogP contribution in [0.3, 0.4) is 0 Å². The summed E-state index contributed by atoms with van der Waals surface area (Å²) in [6, 6.07) is 7.91. The van der Waals surface area contributed by atoms with Gasteiger partial charge in [0.1, 0.15) is 0 Å². The average Bonchev–Trinajstić information content (AvgIpc) is 2.90. The number of ether oxygens (including phenoxy) is 1. The van der Waals surface area contributed by atoms with Crippen molar-refractivity contribution in [1.29, 1.82) is 0 Å². The summed E-state index contributed by atoms with van der Waals surface area (Å²) >= 11 is 6.48. The summed E-state index contributed by atoms with van der Waals surface area (Å²) in [6.07, 6.45) is 0.521. The third-order valence-electron chi connectivity index (χ3n) is 3.19. The molecule has 2 rings (SSSR count). The lowest BCUT2D eigenvalue weighted by Gasteiger charge is -2.22. The lowest BCUT2D eigenvalue weighted by molar-refractivity contribution is 0.0703. The Morgan fingerprint density at radius 1 is 1.38 bits per heavy atom. The standard InChI is InChI=1S/C15H18N2O2S2/c1-19-9-8-17(7-6-14(16)20)15(18)12-10-21-13-5-3-2-4-11(12)13/h2-5,10H,6-9H2,1H3,(H2,16,20). The van der Waals surface area contributed by atoms with Gasteiger partial charge in [0.2, 0.25) is 0 Å². The number of rotatable bonds is 7. The molecule has 0 aliphatic heterocycles. The predicted octanol–water partition coefficient (Wildman–Crippen LogP) is 2.67. The van der Waals surface area contributed by atoms with Crippen LogP contribution in [0, 0.1) is 0 Å². The Hall–Kier alpha value is -1.50. The van der Waals surface area contributed by atoms with E-state index >= 15 is 0 Å². The molecule has 1 aromatic heterocycles. The topological polar surface area (TPSA) is 55.6 Å². The van der Waals surface area contributed by atoms with Gasteiger partial charge >= 0.3 is 0 Å². The average molecular weight is 322 g/mol. The molecule has 0 unspecified atom stereocenters. The maximum atomic E-state index is 12.7. The maximum Gasteiger partial charge on any atom is 0.255 e. The molecule has 2 aromatic rings. The normalized spacial score (nSPS) is 10.7. The van der Waals surface area contributed by atoms with Gasteiger partial charge in [0.25, 0.3) is 5.91 Å². The zero-order valence-electron chi connectivity index (χ0n) is 11.9. The number of carbonyl (C=O) groups excluding carboxylic acids is 1. The quantitative estimate of drug-likeness (QED) is 0.796. The summed E-state index contributed by atoms with van der Waals surface area (Å²) in [7, 11) is 1.62. The van der Waals surface area contributed by atoms with Crippen molar-refractivity contribution in [2.75, 3.05) is 26.8 Å². The lowest BCUT2D eigenvalue weighted by atomic mass is 10.1. The van der Waals surface area contributed by atoms with E-state index in [4.69, 9.17) is 22.7 Å². The third-order valence-corrected chi connectivity index (χ3v) is 4.36. The Balaban J connectivity index is 2.21. The smallest absolute Gasteiger partial charge is 0.255 e. The molecule has 1 aromatic carbocycles. The van der Waals surface area contributed by atoms with Crippen LogP contribution in [0.1, 0.15) is 16.8 Å². The van der Waals surface area contributed by atoms with Crippen LogP contribution in [0.5, 0.6) is 0 Å². The highest BCUT2D eigenvalue weighted by molar-refractivity contribution is 7.80. The van der Waals surface area contributed by atoms with Crippen molar-refractivity contribution in [2.45, 2.75) is 6.42 Å². The summed E-state index contributed by atoms with van der Waals surface area (Å²) in [4.78, 5) is 14.9. The van der Waals surface area contributed by atoms with E-state index in [2.05, 4.69) is 0 Å². The van der Waals surface area contributed by atoms with Crippen molar-refractivity contribution in [1.82, 2.24) is 4.90 Å². The molecule has 0 spiro atoms. The predicted molar refractivity (Wildman–Crippen MR) is 91.0 cm³/mol. The molecular weight excluding hydrogens is 304 g/mol. The van der Waals surface area contributed by atoms with Crippen molar-refractivity contribution in [2.24, 2.45) is 5.73 Å². The fourth-order valence-electron chi connectivity index (χ4n) is 2.08. The first-order chi connectivity index (χ1) is 10.1. The van der Waals surface area contributed by atoms with Gasteiger partial charge in [-0.2, -0.15) is 0 Å².